The maximum Gasteiger partial charge on any atom is 0.320 e. The summed E-state index contributed by atoms with van der Waals surface area (Å²) in [7, 11) is 0. The highest BCUT2D eigenvalue weighted by Crippen LogP contribution is 2.13. The quantitative estimate of drug-likeness (QED) is 0.0668. The number of aliphatic carboxylic acids is 1. The third-order valence-corrected chi connectivity index (χ3v) is 8.28. The van der Waals surface area contributed by atoms with Crippen LogP contribution in [0.5, 0.6) is 5.75 Å². The van der Waals surface area contributed by atoms with Crippen molar-refractivity contribution in [1.82, 2.24) is 10.6 Å². The maximum atomic E-state index is 12.0. The number of unbranched alkanes of at least 4 members (excludes halogenated alkanes) is 1. The highest BCUT2D eigenvalue weighted by molar-refractivity contribution is 5.76. The van der Waals surface area contributed by atoms with Gasteiger partial charge in [-0.25, -0.2) is 0 Å². The molecule has 366 valence electrons. The molecule has 2 amide bonds. The van der Waals surface area contributed by atoms with Crippen molar-refractivity contribution >= 4 is 17.8 Å². The SMILES string of the molecule is CCCCC(=O)NCCOCCOCCOCCOCCOCCOCCOCCOCCOCCOCCOCCOCCC(=O)NCCOc1ccc(CC(N)C(=O)O)cc1. The van der Waals surface area contributed by atoms with Crippen molar-refractivity contribution in [3.8, 4) is 5.75 Å². The molecule has 1 rings (SSSR count). The van der Waals surface area contributed by atoms with E-state index in [1.165, 1.54) is 0 Å². The second-order valence-corrected chi connectivity index (χ2v) is 13.5. The van der Waals surface area contributed by atoms with Gasteiger partial charge in [-0.3, -0.25) is 14.4 Å². The Bertz CT molecular complexity index is 1190. The molecule has 0 aliphatic carbocycles. The summed E-state index contributed by atoms with van der Waals surface area (Å²) in [6.45, 7) is 14.2. The second kappa shape index (κ2) is 45.5. The van der Waals surface area contributed by atoms with Crippen LogP contribution in [0, 0.1) is 0 Å². The van der Waals surface area contributed by atoms with Gasteiger partial charge in [0.25, 0.3) is 0 Å². The Morgan fingerprint density at radius 2 is 0.794 bits per heavy atom. The highest BCUT2D eigenvalue weighted by atomic mass is 16.6. The van der Waals surface area contributed by atoms with Gasteiger partial charge in [0.15, 0.2) is 0 Å². The molecule has 0 aliphatic rings. The Morgan fingerprint density at radius 3 is 1.14 bits per heavy atom. The fourth-order valence-corrected chi connectivity index (χ4v) is 4.89. The minimum absolute atomic E-state index is 0.0711. The molecule has 0 bridgehead atoms. The van der Waals surface area contributed by atoms with Crippen molar-refractivity contribution in [2.45, 2.75) is 45.1 Å². The molecular formula is C43H77N3O17. The molecular weight excluding hydrogens is 830 g/mol. The summed E-state index contributed by atoms with van der Waals surface area (Å²) >= 11 is 0. The molecule has 0 heterocycles. The Morgan fingerprint density at radius 1 is 0.476 bits per heavy atom. The van der Waals surface area contributed by atoms with Crippen LogP contribution >= 0.6 is 0 Å². The molecule has 0 saturated heterocycles. The molecule has 1 unspecified atom stereocenters. The molecule has 0 spiro atoms. The first-order valence-corrected chi connectivity index (χ1v) is 22.1. The molecule has 0 aliphatic heterocycles. The summed E-state index contributed by atoms with van der Waals surface area (Å²) in [4.78, 5) is 34.3. The molecule has 5 N–H and O–H groups in total. The summed E-state index contributed by atoms with van der Waals surface area (Å²) in [5.41, 5.74) is 6.35. The van der Waals surface area contributed by atoms with E-state index in [1.54, 1.807) is 24.3 Å². The zero-order chi connectivity index (χ0) is 45.5. The van der Waals surface area contributed by atoms with Gasteiger partial charge < -0.3 is 83.1 Å². The van der Waals surface area contributed by atoms with Crippen molar-refractivity contribution in [2.24, 2.45) is 5.73 Å². The van der Waals surface area contributed by atoms with Crippen molar-refractivity contribution in [3.05, 3.63) is 29.8 Å². The average molecular weight is 908 g/mol. The van der Waals surface area contributed by atoms with E-state index in [9.17, 15) is 14.4 Å². The minimum Gasteiger partial charge on any atom is -0.492 e. The normalized spacial score (nSPS) is 11.8. The van der Waals surface area contributed by atoms with Gasteiger partial charge in [-0.05, 0) is 30.5 Å². The number of hydrogen-bond acceptors (Lipinski definition) is 17. The van der Waals surface area contributed by atoms with Gasteiger partial charge in [-0.1, -0.05) is 25.5 Å². The molecule has 1 aromatic carbocycles. The number of rotatable bonds is 49. The second-order valence-electron chi connectivity index (χ2n) is 13.5. The first-order valence-electron chi connectivity index (χ1n) is 22.1. The van der Waals surface area contributed by atoms with Crippen LogP contribution < -0.4 is 21.1 Å². The summed E-state index contributed by atoms with van der Waals surface area (Å²) in [5, 5.41) is 14.5. The first-order chi connectivity index (χ1) is 30.9. The fourth-order valence-electron chi connectivity index (χ4n) is 4.89. The van der Waals surface area contributed by atoms with E-state index in [4.69, 9.17) is 72.4 Å². The lowest BCUT2D eigenvalue weighted by Crippen LogP contribution is -2.32. The highest BCUT2D eigenvalue weighted by Gasteiger charge is 2.12. The van der Waals surface area contributed by atoms with E-state index in [-0.39, 0.29) is 31.3 Å². The van der Waals surface area contributed by atoms with Crippen LogP contribution in [-0.4, -0.2) is 207 Å². The van der Waals surface area contributed by atoms with E-state index in [0.717, 1.165) is 18.4 Å². The number of carbonyl (C=O) groups excluding carboxylic acids is 2. The van der Waals surface area contributed by atoms with E-state index < -0.39 is 12.0 Å². The number of hydrogen-bond donors (Lipinski definition) is 4. The maximum absolute atomic E-state index is 12.0. The number of ether oxygens (including phenoxy) is 13. The topological polar surface area (TPSA) is 242 Å². The van der Waals surface area contributed by atoms with Crippen LogP contribution in [0.25, 0.3) is 0 Å². The third-order valence-electron chi connectivity index (χ3n) is 8.28. The molecule has 0 aromatic heterocycles. The molecule has 20 nitrogen and oxygen atoms in total. The summed E-state index contributed by atoms with van der Waals surface area (Å²) in [5.74, 6) is -0.493. The standard InChI is InChI=1S/C43H77N3O17/c1-2-3-4-41(47)45-10-13-52-16-18-54-20-22-56-24-26-58-28-30-60-32-34-62-36-35-61-33-31-59-29-27-57-25-23-55-21-19-53-17-15-51-12-9-42(48)46-11-14-63-39-7-5-38(6-8-39)37-40(44)43(49)50/h5-8,40H,2-4,9-37,44H2,1H3,(H,45,47)(H,46,48)(H,49,50). The summed E-state index contributed by atoms with van der Waals surface area (Å²) < 4.78 is 71.3. The van der Waals surface area contributed by atoms with Crippen molar-refractivity contribution in [3.63, 3.8) is 0 Å². The lowest BCUT2D eigenvalue weighted by molar-refractivity contribution is -0.138. The lowest BCUT2D eigenvalue weighted by atomic mass is 10.1. The molecule has 0 radical (unpaired) electrons. The number of carbonyl (C=O) groups is 3. The monoisotopic (exact) mass is 908 g/mol. The number of carboxylic acid groups (broad SMARTS) is 1. The fraction of sp³-hybridized carbons (Fsp3) is 0.791. The largest absolute Gasteiger partial charge is 0.492 e. The van der Waals surface area contributed by atoms with Crippen LogP contribution in [-0.2, 0) is 77.6 Å². The third kappa shape index (κ3) is 41.4. The summed E-state index contributed by atoms with van der Waals surface area (Å²) in [6, 6.07) is 6.06. The van der Waals surface area contributed by atoms with Gasteiger partial charge >= 0.3 is 5.97 Å². The number of carboxylic acids is 1. The van der Waals surface area contributed by atoms with Gasteiger partial charge in [0.05, 0.1) is 165 Å². The van der Waals surface area contributed by atoms with E-state index in [2.05, 4.69) is 17.6 Å². The molecule has 63 heavy (non-hydrogen) atoms. The molecule has 20 heteroatoms. The number of nitrogens with two attached hydrogens (primary N) is 1. The Kier molecular flexibility index (Phi) is 41.8. The first kappa shape index (κ1) is 57.9. The number of benzene rings is 1. The average Bonchev–Trinajstić information content (AvgIpc) is 3.28. The minimum atomic E-state index is -1.04. The van der Waals surface area contributed by atoms with Crippen molar-refractivity contribution in [1.29, 1.82) is 0 Å². The van der Waals surface area contributed by atoms with Crippen LogP contribution in [0.3, 0.4) is 0 Å². The van der Waals surface area contributed by atoms with Gasteiger partial charge in [0.2, 0.25) is 11.8 Å². The Labute approximate surface area is 373 Å². The van der Waals surface area contributed by atoms with Gasteiger partial charge in [0.1, 0.15) is 18.4 Å². The molecule has 0 saturated carbocycles. The zero-order valence-corrected chi connectivity index (χ0v) is 37.6. The van der Waals surface area contributed by atoms with Crippen LogP contribution in [0.1, 0.15) is 38.2 Å². The van der Waals surface area contributed by atoms with Gasteiger partial charge in [0, 0.05) is 19.4 Å². The summed E-state index contributed by atoms with van der Waals surface area (Å²) in [6.07, 6.45) is 2.95. The Hall–Kier alpha value is -3.09. The van der Waals surface area contributed by atoms with Gasteiger partial charge in [-0.2, -0.15) is 0 Å². The molecule has 1 aromatic rings. The lowest BCUT2D eigenvalue weighted by Gasteiger charge is -2.10. The van der Waals surface area contributed by atoms with E-state index in [0.29, 0.717) is 184 Å². The predicted octanol–water partition coefficient (Wildman–Crippen LogP) is 1.03. The number of nitrogens with one attached hydrogen (secondary N) is 2. The van der Waals surface area contributed by atoms with E-state index >= 15 is 0 Å². The smallest absolute Gasteiger partial charge is 0.320 e. The van der Waals surface area contributed by atoms with Crippen LogP contribution in [0.4, 0.5) is 0 Å². The van der Waals surface area contributed by atoms with Crippen molar-refractivity contribution < 1.29 is 81.1 Å². The molecule has 0 fully saturated rings. The predicted molar refractivity (Wildman–Crippen MR) is 231 cm³/mol. The Balaban J connectivity index is 1.68. The van der Waals surface area contributed by atoms with Crippen molar-refractivity contribution in [2.75, 3.05) is 178 Å². The van der Waals surface area contributed by atoms with E-state index in [1.807, 2.05) is 0 Å². The molecule has 1 atom stereocenters. The van der Waals surface area contributed by atoms with Crippen LogP contribution in [0.2, 0.25) is 0 Å². The van der Waals surface area contributed by atoms with Crippen LogP contribution in [0.15, 0.2) is 24.3 Å². The zero-order valence-electron chi connectivity index (χ0n) is 37.6. The number of amides is 2. The van der Waals surface area contributed by atoms with Gasteiger partial charge in [-0.15, -0.1) is 0 Å².